The Labute approximate surface area is 87.6 Å². The maximum Gasteiger partial charge on any atom is 0.490 e. The number of alkyl halides is 5. The minimum atomic E-state index is -5.08. The summed E-state index contributed by atoms with van der Waals surface area (Å²) in [6, 6.07) is 0. The molecule has 16 heavy (non-hydrogen) atoms. The van der Waals surface area contributed by atoms with Gasteiger partial charge in [0, 0.05) is 12.3 Å². The van der Waals surface area contributed by atoms with E-state index in [4.69, 9.17) is 9.90 Å². The van der Waals surface area contributed by atoms with Gasteiger partial charge in [-0.15, -0.1) is 0 Å². The van der Waals surface area contributed by atoms with E-state index < -0.39 is 18.1 Å². The molecule has 0 spiro atoms. The molecule has 1 aliphatic heterocycles. The third-order valence-corrected chi connectivity index (χ3v) is 2.50. The summed E-state index contributed by atoms with van der Waals surface area (Å²) in [5.41, 5.74) is 0. The van der Waals surface area contributed by atoms with E-state index in [1.54, 1.807) is 0 Å². The van der Waals surface area contributed by atoms with Gasteiger partial charge in [0.05, 0.1) is 0 Å². The van der Waals surface area contributed by atoms with Gasteiger partial charge in [0.1, 0.15) is 0 Å². The quantitative estimate of drug-likeness (QED) is 0.690. The van der Waals surface area contributed by atoms with E-state index in [9.17, 15) is 22.0 Å². The van der Waals surface area contributed by atoms with E-state index in [0.717, 1.165) is 13.1 Å². The van der Waals surface area contributed by atoms with Gasteiger partial charge in [-0.1, -0.05) is 0 Å². The van der Waals surface area contributed by atoms with E-state index in [1.807, 2.05) is 0 Å². The molecule has 2 fully saturated rings. The molecule has 8 heteroatoms. The van der Waals surface area contributed by atoms with Crippen molar-refractivity contribution in [2.24, 2.45) is 11.8 Å². The predicted molar refractivity (Wildman–Crippen MR) is 43.1 cm³/mol. The molecule has 1 unspecified atom stereocenters. The van der Waals surface area contributed by atoms with Crippen LogP contribution in [-0.2, 0) is 4.79 Å². The first kappa shape index (κ1) is 13.1. The molecule has 94 valence electrons. The Morgan fingerprint density at radius 1 is 1.31 bits per heavy atom. The first-order chi connectivity index (χ1) is 7.14. The van der Waals surface area contributed by atoms with Gasteiger partial charge in [-0.2, -0.15) is 13.2 Å². The first-order valence-corrected chi connectivity index (χ1v) is 4.53. The van der Waals surface area contributed by atoms with Gasteiger partial charge in [-0.05, 0) is 19.0 Å². The Morgan fingerprint density at radius 2 is 1.69 bits per heavy atom. The highest BCUT2D eigenvalue weighted by atomic mass is 19.4. The van der Waals surface area contributed by atoms with Crippen LogP contribution in [0.2, 0.25) is 0 Å². The van der Waals surface area contributed by atoms with Gasteiger partial charge in [0.15, 0.2) is 0 Å². The van der Waals surface area contributed by atoms with Crippen molar-refractivity contribution in [1.82, 2.24) is 5.32 Å². The highest BCUT2D eigenvalue weighted by Crippen LogP contribution is 2.53. The molecule has 2 N–H and O–H groups in total. The van der Waals surface area contributed by atoms with E-state index in [0.29, 0.717) is 0 Å². The van der Waals surface area contributed by atoms with E-state index in [-0.39, 0.29) is 18.3 Å². The Balaban J connectivity index is 0.000000168. The fourth-order valence-corrected chi connectivity index (χ4v) is 1.34. The summed E-state index contributed by atoms with van der Waals surface area (Å²) in [7, 11) is 0. The van der Waals surface area contributed by atoms with Crippen molar-refractivity contribution in [2.75, 3.05) is 13.1 Å². The smallest absolute Gasteiger partial charge is 0.475 e. The van der Waals surface area contributed by atoms with Gasteiger partial charge in [-0.25, -0.2) is 13.6 Å². The van der Waals surface area contributed by atoms with Crippen molar-refractivity contribution in [2.45, 2.75) is 18.5 Å². The molecule has 0 radical (unpaired) electrons. The number of carboxylic acid groups (broad SMARTS) is 1. The number of hydrogen-bond donors (Lipinski definition) is 2. The largest absolute Gasteiger partial charge is 0.490 e. The number of hydrogen-bond acceptors (Lipinski definition) is 2. The predicted octanol–water partition coefficient (Wildman–Crippen LogP) is 1.49. The standard InChI is InChI=1S/C6H9F2N.C2HF3O2/c7-6(8)1-5(6)4-2-9-3-4;3-2(4,5)1(6)7/h4-5,9H,1-3H2;(H,6,7). The normalized spacial score (nSPS) is 27.4. The Morgan fingerprint density at radius 3 is 1.75 bits per heavy atom. The molecule has 1 aliphatic carbocycles. The number of rotatable bonds is 1. The highest BCUT2D eigenvalue weighted by molar-refractivity contribution is 5.73. The summed E-state index contributed by atoms with van der Waals surface area (Å²) < 4.78 is 56.2. The summed E-state index contributed by atoms with van der Waals surface area (Å²) in [5.74, 6) is -5.06. The third kappa shape index (κ3) is 3.29. The van der Waals surface area contributed by atoms with Crippen molar-refractivity contribution in [3.63, 3.8) is 0 Å². The van der Waals surface area contributed by atoms with Crippen molar-refractivity contribution in [3.05, 3.63) is 0 Å². The molecule has 2 rings (SSSR count). The van der Waals surface area contributed by atoms with Crippen LogP contribution in [0.15, 0.2) is 0 Å². The molecule has 1 saturated heterocycles. The topological polar surface area (TPSA) is 49.3 Å². The van der Waals surface area contributed by atoms with Crippen molar-refractivity contribution < 1.29 is 31.9 Å². The van der Waals surface area contributed by atoms with Gasteiger partial charge < -0.3 is 10.4 Å². The Bertz CT molecular complexity index is 274. The van der Waals surface area contributed by atoms with Gasteiger partial charge in [0.25, 0.3) is 5.92 Å². The lowest BCUT2D eigenvalue weighted by atomic mass is 9.97. The molecule has 0 aromatic rings. The second-order valence-electron chi connectivity index (χ2n) is 3.79. The van der Waals surface area contributed by atoms with Crippen molar-refractivity contribution in [1.29, 1.82) is 0 Å². The second-order valence-corrected chi connectivity index (χ2v) is 3.79. The van der Waals surface area contributed by atoms with Crippen LogP contribution in [-0.4, -0.2) is 36.3 Å². The summed E-state index contributed by atoms with van der Waals surface area (Å²) in [6.07, 6.45) is -4.95. The lowest BCUT2D eigenvalue weighted by Gasteiger charge is -2.26. The monoisotopic (exact) mass is 247 g/mol. The van der Waals surface area contributed by atoms with Crippen molar-refractivity contribution in [3.8, 4) is 0 Å². The lowest BCUT2D eigenvalue weighted by molar-refractivity contribution is -0.192. The zero-order valence-corrected chi connectivity index (χ0v) is 8.02. The lowest BCUT2D eigenvalue weighted by Crippen LogP contribution is -2.44. The molecule has 2 aliphatic rings. The fraction of sp³-hybridized carbons (Fsp3) is 0.875. The highest BCUT2D eigenvalue weighted by Gasteiger charge is 2.60. The maximum atomic E-state index is 12.2. The molecule has 1 heterocycles. The average Bonchev–Trinajstić information content (AvgIpc) is 2.54. The van der Waals surface area contributed by atoms with Crippen LogP contribution in [0.5, 0.6) is 0 Å². The molecule has 0 bridgehead atoms. The average molecular weight is 247 g/mol. The number of halogens is 5. The van der Waals surface area contributed by atoms with E-state index in [2.05, 4.69) is 5.32 Å². The van der Waals surface area contributed by atoms with Crippen molar-refractivity contribution >= 4 is 5.97 Å². The van der Waals surface area contributed by atoms with Gasteiger partial charge in [0.2, 0.25) is 0 Å². The molecular weight excluding hydrogens is 237 g/mol. The number of nitrogens with one attached hydrogen (secondary N) is 1. The minimum Gasteiger partial charge on any atom is -0.475 e. The molecule has 3 nitrogen and oxygen atoms in total. The van der Waals surface area contributed by atoms with Crippen LogP contribution in [0.1, 0.15) is 6.42 Å². The van der Waals surface area contributed by atoms with Crippen LogP contribution in [0.3, 0.4) is 0 Å². The molecule has 1 atom stereocenters. The fourth-order valence-electron chi connectivity index (χ4n) is 1.34. The Kier molecular flexibility index (Phi) is 3.41. The van der Waals surface area contributed by atoms with Crippen LogP contribution in [0.4, 0.5) is 22.0 Å². The van der Waals surface area contributed by atoms with E-state index >= 15 is 0 Å². The molecule has 0 aromatic heterocycles. The SMILES string of the molecule is FC1(F)CC1C1CNC1.O=C(O)C(F)(F)F. The van der Waals surface area contributed by atoms with Crippen LogP contribution in [0.25, 0.3) is 0 Å². The zero-order chi connectivity index (χ0) is 12.6. The Hall–Kier alpha value is -0.920. The van der Waals surface area contributed by atoms with E-state index in [1.165, 1.54) is 0 Å². The van der Waals surface area contributed by atoms with Crippen LogP contribution >= 0.6 is 0 Å². The summed E-state index contributed by atoms with van der Waals surface area (Å²) in [4.78, 5) is 8.90. The summed E-state index contributed by atoms with van der Waals surface area (Å²) in [6.45, 7) is 1.61. The molecule has 0 aromatic carbocycles. The van der Waals surface area contributed by atoms with Crippen LogP contribution < -0.4 is 5.32 Å². The molecule has 1 saturated carbocycles. The summed E-state index contributed by atoms with van der Waals surface area (Å²) in [5, 5.41) is 10.1. The minimum absolute atomic E-state index is 0.138. The zero-order valence-electron chi connectivity index (χ0n) is 8.02. The number of aliphatic carboxylic acids is 1. The maximum absolute atomic E-state index is 12.2. The number of carboxylic acids is 1. The van der Waals surface area contributed by atoms with Gasteiger partial charge >= 0.3 is 12.1 Å². The number of carbonyl (C=O) groups is 1. The van der Waals surface area contributed by atoms with Crippen LogP contribution in [0, 0.1) is 11.8 Å². The second kappa shape index (κ2) is 4.15. The summed E-state index contributed by atoms with van der Waals surface area (Å²) >= 11 is 0. The van der Waals surface area contributed by atoms with Gasteiger partial charge in [-0.3, -0.25) is 0 Å². The molecular formula is C8H10F5NO2. The third-order valence-electron chi connectivity index (χ3n) is 2.50. The first-order valence-electron chi connectivity index (χ1n) is 4.53. The molecule has 0 amide bonds.